The summed E-state index contributed by atoms with van der Waals surface area (Å²) in [5.74, 6) is 1.61. The zero-order valence-corrected chi connectivity index (χ0v) is 15.1. The van der Waals surface area contributed by atoms with Crippen LogP contribution < -0.4 is 9.80 Å². The zero-order chi connectivity index (χ0) is 18.0. The molecule has 1 N–H and O–H groups in total. The number of aromatic nitrogens is 4. The van der Waals surface area contributed by atoms with E-state index >= 15 is 0 Å². The number of nitrogens with one attached hydrogen (secondary N) is 1. The Hall–Kier alpha value is -2.24. The van der Waals surface area contributed by atoms with Crippen molar-refractivity contribution < 1.29 is 13.2 Å². The molecule has 0 unspecified atom stereocenters. The Kier molecular flexibility index (Phi) is 4.74. The molecule has 0 radical (unpaired) electrons. The number of H-pyrrole nitrogens is 1. The largest absolute Gasteiger partial charge is 0.378 e. The van der Waals surface area contributed by atoms with Crippen molar-refractivity contribution >= 4 is 21.7 Å². The van der Waals surface area contributed by atoms with Crippen LogP contribution in [0, 0.1) is 0 Å². The van der Waals surface area contributed by atoms with Gasteiger partial charge < -0.3 is 19.5 Å². The number of nitrogens with zero attached hydrogens (tertiary/aromatic N) is 6. The van der Waals surface area contributed by atoms with Crippen molar-refractivity contribution in [3.8, 4) is 0 Å². The number of rotatable bonds is 4. The van der Waals surface area contributed by atoms with E-state index < -0.39 is 10.0 Å². The molecule has 0 aliphatic carbocycles. The van der Waals surface area contributed by atoms with Gasteiger partial charge in [-0.05, 0) is 12.1 Å². The quantitative estimate of drug-likeness (QED) is 0.761. The van der Waals surface area contributed by atoms with Gasteiger partial charge in [0.05, 0.1) is 25.7 Å². The van der Waals surface area contributed by atoms with E-state index in [1.165, 1.54) is 16.8 Å². The number of aromatic amines is 1. The Bertz CT molecular complexity index is 811. The Morgan fingerprint density at radius 2 is 1.54 bits per heavy atom. The number of hydrogen-bond acceptors (Lipinski definition) is 8. The third-order valence-corrected chi connectivity index (χ3v) is 6.45. The molecule has 2 saturated heterocycles. The third kappa shape index (κ3) is 3.37. The van der Waals surface area contributed by atoms with Gasteiger partial charge in [0.15, 0.2) is 16.7 Å². The summed E-state index contributed by atoms with van der Waals surface area (Å²) >= 11 is 0. The lowest BCUT2D eigenvalue weighted by Crippen LogP contribution is -2.49. The Labute approximate surface area is 151 Å². The summed E-state index contributed by atoms with van der Waals surface area (Å²) in [5, 5.41) is 8.77. The molecule has 0 aromatic carbocycles. The van der Waals surface area contributed by atoms with Crippen LogP contribution in [0.4, 0.5) is 11.6 Å². The second-order valence-electron chi connectivity index (χ2n) is 6.16. The number of sulfonamides is 1. The Morgan fingerprint density at radius 1 is 0.923 bits per heavy atom. The molecular weight excluding hydrogens is 358 g/mol. The van der Waals surface area contributed by atoms with Crippen LogP contribution in [0.1, 0.15) is 0 Å². The molecule has 0 atom stereocenters. The molecule has 2 aromatic rings. The van der Waals surface area contributed by atoms with Gasteiger partial charge >= 0.3 is 0 Å². The highest BCUT2D eigenvalue weighted by molar-refractivity contribution is 7.89. The van der Waals surface area contributed by atoms with Crippen LogP contribution in [-0.4, -0.2) is 85.4 Å². The molecule has 0 amide bonds. The average molecular weight is 379 g/mol. The predicted octanol–water partition coefficient (Wildman–Crippen LogP) is -0.453. The molecule has 2 aliphatic rings. The van der Waals surface area contributed by atoms with Crippen LogP contribution in [0.15, 0.2) is 29.7 Å². The van der Waals surface area contributed by atoms with E-state index in [2.05, 4.69) is 30.0 Å². The van der Waals surface area contributed by atoms with E-state index in [1.807, 2.05) is 12.1 Å². The van der Waals surface area contributed by atoms with E-state index in [1.54, 1.807) is 0 Å². The van der Waals surface area contributed by atoms with E-state index in [9.17, 15) is 8.42 Å². The number of morpholine rings is 1. The maximum absolute atomic E-state index is 12.5. The molecule has 4 heterocycles. The summed E-state index contributed by atoms with van der Waals surface area (Å²) in [6.45, 7) is 4.98. The van der Waals surface area contributed by atoms with Crippen LogP contribution in [0.25, 0.3) is 0 Å². The minimum Gasteiger partial charge on any atom is -0.378 e. The van der Waals surface area contributed by atoms with Gasteiger partial charge in [0.25, 0.3) is 10.0 Å². The van der Waals surface area contributed by atoms with E-state index in [0.717, 1.165) is 24.7 Å². The highest BCUT2D eigenvalue weighted by Gasteiger charge is 2.30. The molecule has 2 aromatic heterocycles. The van der Waals surface area contributed by atoms with Crippen LogP contribution >= 0.6 is 0 Å². The fourth-order valence-electron chi connectivity index (χ4n) is 3.13. The van der Waals surface area contributed by atoms with Crippen LogP contribution in [-0.2, 0) is 14.8 Å². The molecule has 11 heteroatoms. The molecule has 4 rings (SSSR count). The molecule has 0 saturated carbocycles. The van der Waals surface area contributed by atoms with Gasteiger partial charge in [-0.2, -0.15) is 4.31 Å². The molecule has 26 heavy (non-hydrogen) atoms. The maximum atomic E-state index is 12.5. The smallest absolute Gasteiger partial charge is 0.260 e. The average Bonchev–Trinajstić information content (AvgIpc) is 3.25. The summed E-state index contributed by atoms with van der Waals surface area (Å²) in [6, 6.07) is 3.90. The van der Waals surface area contributed by atoms with Crippen LogP contribution in [0.3, 0.4) is 0 Å². The van der Waals surface area contributed by atoms with Gasteiger partial charge in [0.1, 0.15) is 0 Å². The predicted molar refractivity (Wildman–Crippen MR) is 94.6 cm³/mol. The van der Waals surface area contributed by atoms with Crippen molar-refractivity contribution in [3.63, 3.8) is 0 Å². The molecule has 140 valence electrons. The molecule has 0 spiro atoms. The number of ether oxygens (including phenoxy) is 1. The first-order valence-electron chi connectivity index (χ1n) is 8.54. The van der Waals surface area contributed by atoms with Crippen molar-refractivity contribution in [2.75, 3.05) is 62.3 Å². The standard InChI is InChI=1S/C15H21N7O3S/c23-26(24,15-11-16-12-17-15)22-5-3-20(4-6-22)13-1-2-14(19-18-13)21-7-9-25-10-8-21/h1-2,11-12H,3-10H2,(H,16,17). The van der Waals surface area contributed by atoms with Crippen molar-refractivity contribution in [2.24, 2.45) is 0 Å². The molecule has 0 bridgehead atoms. The van der Waals surface area contributed by atoms with Gasteiger partial charge in [-0.25, -0.2) is 13.4 Å². The second kappa shape index (κ2) is 7.17. The van der Waals surface area contributed by atoms with Gasteiger partial charge in [0, 0.05) is 39.3 Å². The molecule has 2 fully saturated rings. The summed E-state index contributed by atoms with van der Waals surface area (Å²) in [7, 11) is -3.51. The first-order chi connectivity index (χ1) is 12.6. The van der Waals surface area contributed by atoms with Crippen molar-refractivity contribution in [1.82, 2.24) is 24.5 Å². The summed E-state index contributed by atoms with van der Waals surface area (Å²) in [5.41, 5.74) is 0. The molecular formula is C15H21N7O3S. The SMILES string of the molecule is O=S(=O)(c1cnc[nH]1)N1CCN(c2ccc(N3CCOCC3)nn2)CC1. The number of piperazine rings is 1. The fourth-order valence-corrected chi connectivity index (χ4v) is 4.45. The monoisotopic (exact) mass is 379 g/mol. The number of imidazole rings is 1. The first-order valence-corrected chi connectivity index (χ1v) is 9.98. The minimum absolute atomic E-state index is 0.126. The van der Waals surface area contributed by atoms with Crippen molar-refractivity contribution in [3.05, 3.63) is 24.7 Å². The highest BCUT2D eigenvalue weighted by atomic mass is 32.2. The Morgan fingerprint density at radius 3 is 2.08 bits per heavy atom. The lowest BCUT2D eigenvalue weighted by molar-refractivity contribution is 0.122. The van der Waals surface area contributed by atoms with E-state index in [-0.39, 0.29) is 5.03 Å². The topological polar surface area (TPSA) is 108 Å². The first kappa shape index (κ1) is 17.2. The Balaban J connectivity index is 1.39. The lowest BCUT2D eigenvalue weighted by Gasteiger charge is -2.34. The third-order valence-electron chi connectivity index (χ3n) is 4.63. The minimum atomic E-state index is -3.51. The maximum Gasteiger partial charge on any atom is 0.260 e. The summed E-state index contributed by atoms with van der Waals surface area (Å²) in [4.78, 5) is 10.7. The van der Waals surface area contributed by atoms with Crippen molar-refractivity contribution in [1.29, 1.82) is 0 Å². The highest BCUT2D eigenvalue weighted by Crippen LogP contribution is 2.20. The number of hydrogen-bond donors (Lipinski definition) is 1. The molecule has 10 nitrogen and oxygen atoms in total. The fraction of sp³-hybridized carbons (Fsp3) is 0.533. The molecule has 2 aliphatic heterocycles. The van der Waals surface area contributed by atoms with E-state index in [4.69, 9.17) is 4.74 Å². The van der Waals surface area contributed by atoms with Crippen LogP contribution in [0.5, 0.6) is 0 Å². The van der Waals surface area contributed by atoms with Gasteiger partial charge in [-0.1, -0.05) is 0 Å². The zero-order valence-electron chi connectivity index (χ0n) is 14.3. The lowest BCUT2D eigenvalue weighted by atomic mass is 10.3. The van der Waals surface area contributed by atoms with Crippen molar-refractivity contribution in [2.45, 2.75) is 5.03 Å². The normalized spacial score (nSPS) is 19.7. The van der Waals surface area contributed by atoms with Gasteiger partial charge in [-0.15, -0.1) is 10.2 Å². The summed E-state index contributed by atoms with van der Waals surface area (Å²) in [6.07, 6.45) is 2.70. The summed E-state index contributed by atoms with van der Waals surface area (Å²) < 4.78 is 31.8. The van der Waals surface area contributed by atoms with Gasteiger partial charge in [-0.3, -0.25) is 0 Å². The second-order valence-corrected chi connectivity index (χ2v) is 8.06. The van der Waals surface area contributed by atoms with E-state index in [0.29, 0.717) is 39.4 Å². The van der Waals surface area contributed by atoms with Gasteiger partial charge in [0.2, 0.25) is 0 Å². The van der Waals surface area contributed by atoms with Crippen LogP contribution in [0.2, 0.25) is 0 Å². The number of anilines is 2.